The van der Waals surface area contributed by atoms with Crippen molar-refractivity contribution in [1.82, 2.24) is 19.5 Å². The standard InChI is InChI=1S/C45H23B5N4O/c46-37-36(38(47)40(49)41(50)39(37)48)27-17-9-21-31-34(27)26-16-7-8-20-30(26)54(31)32-22-10-18-28-35-29(19-11-23-33(35)55-42(28)32)45-52-43(24-12-3-1-4-13-24)51-44(53-45)25-14-5-2-6-15-25/h1-23H. The van der Waals surface area contributed by atoms with Gasteiger partial charge in [0.1, 0.15) is 44.8 Å². The van der Waals surface area contributed by atoms with Crippen LogP contribution in [0, 0.1) is 0 Å². The van der Waals surface area contributed by atoms with Crippen LogP contribution in [0.4, 0.5) is 0 Å². The first kappa shape index (κ1) is 33.1. The van der Waals surface area contributed by atoms with Crippen LogP contribution in [0.25, 0.3) is 94.7 Å². The molecule has 0 bridgehead atoms. The van der Waals surface area contributed by atoms with E-state index in [9.17, 15) is 0 Å². The second-order valence-electron chi connectivity index (χ2n) is 13.5. The van der Waals surface area contributed by atoms with Crippen LogP contribution in [0.2, 0.25) is 0 Å². The predicted octanol–water partition coefficient (Wildman–Crippen LogP) is 5.51. The molecule has 0 fully saturated rings. The SMILES string of the molecule is [B]c1c([B])c([B])c(-c2cccc3c2c2ccccc2n3-c2cccc3c2oc2cccc(-c4nc(-c5ccccc5)nc(-c5ccccc5)n4)c23)c([B])c1[B]. The molecular weight excluding hydrogens is 667 g/mol. The Bertz CT molecular complexity index is 3070. The molecule has 0 saturated carbocycles. The van der Waals surface area contributed by atoms with E-state index in [1.807, 2.05) is 109 Å². The molecule has 0 saturated heterocycles. The van der Waals surface area contributed by atoms with Crippen LogP contribution >= 0.6 is 0 Å². The minimum Gasteiger partial charge on any atom is -0.454 e. The zero-order chi connectivity index (χ0) is 37.4. The van der Waals surface area contributed by atoms with Crippen LogP contribution in [0.5, 0.6) is 0 Å². The van der Waals surface area contributed by atoms with E-state index in [4.69, 9.17) is 58.6 Å². The Labute approximate surface area is 323 Å². The van der Waals surface area contributed by atoms with Gasteiger partial charge in [-0.15, -0.1) is 16.4 Å². The van der Waals surface area contributed by atoms with Gasteiger partial charge in [-0.05, 0) is 35.4 Å². The number of para-hydroxylation sites is 2. The second-order valence-corrected chi connectivity index (χ2v) is 13.5. The molecule has 3 heterocycles. The molecule has 0 spiro atoms. The maximum Gasteiger partial charge on any atom is 0.164 e. The fraction of sp³-hybridized carbons (Fsp3) is 0. The highest BCUT2D eigenvalue weighted by molar-refractivity contribution is 6.69. The summed E-state index contributed by atoms with van der Waals surface area (Å²) >= 11 is 0. The minimum absolute atomic E-state index is 0.175. The van der Waals surface area contributed by atoms with Gasteiger partial charge in [0.05, 0.1) is 16.7 Å². The first-order valence-electron chi connectivity index (χ1n) is 17.7. The van der Waals surface area contributed by atoms with Gasteiger partial charge in [0.25, 0.3) is 0 Å². The van der Waals surface area contributed by atoms with Gasteiger partial charge in [-0.25, -0.2) is 15.0 Å². The van der Waals surface area contributed by atoms with E-state index in [-0.39, 0.29) is 27.3 Å². The minimum atomic E-state index is 0.175. The van der Waals surface area contributed by atoms with Crippen molar-refractivity contribution in [3.8, 4) is 51.0 Å². The highest BCUT2D eigenvalue weighted by Gasteiger charge is 2.23. The van der Waals surface area contributed by atoms with Crippen LogP contribution in [-0.4, -0.2) is 58.8 Å². The lowest BCUT2D eigenvalue weighted by molar-refractivity contribution is 0.666. The van der Waals surface area contributed by atoms with Gasteiger partial charge in [-0.2, -0.15) is 0 Å². The number of fused-ring (bicyclic) bond motifs is 6. The third-order valence-electron chi connectivity index (χ3n) is 10.3. The third kappa shape index (κ3) is 5.12. The Morgan fingerprint density at radius 2 is 0.945 bits per heavy atom. The van der Waals surface area contributed by atoms with Gasteiger partial charge in [-0.3, -0.25) is 0 Å². The van der Waals surface area contributed by atoms with Crippen LogP contribution in [0.3, 0.4) is 0 Å². The van der Waals surface area contributed by atoms with Crippen LogP contribution < -0.4 is 27.3 Å². The molecule has 0 amide bonds. The van der Waals surface area contributed by atoms with Crippen molar-refractivity contribution < 1.29 is 4.42 Å². The molecule has 0 N–H and O–H groups in total. The molecule has 5 nitrogen and oxygen atoms in total. The van der Waals surface area contributed by atoms with Crippen molar-refractivity contribution in [1.29, 1.82) is 0 Å². The predicted molar refractivity (Wildman–Crippen MR) is 230 cm³/mol. The Morgan fingerprint density at radius 1 is 0.418 bits per heavy atom. The van der Waals surface area contributed by atoms with E-state index in [0.29, 0.717) is 34.2 Å². The molecule has 10 heteroatoms. The maximum absolute atomic E-state index is 6.82. The van der Waals surface area contributed by atoms with Gasteiger partial charge < -0.3 is 8.98 Å². The van der Waals surface area contributed by atoms with Gasteiger partial charge >= 0.3 is 0 Å². The number of rotatable bonds is 5. The van der Waals surface area contributed by atoms with Crippen molar-refractivity contribution in [2.24, 2.45) is 0 Å². The summed E-state index contributed by atoms with van der Waals surface area (Å²) in [5.74, 6) is 1.72. The molecule has 10 rings (SSSR count). The summed E-state index contributed by atoms with van der Waals surface area (Å²) in [6.07, 6.45) is 0. The molecule has 0 aliphatic carbocycles. The number of aromatic nitrogens is 4. The first-order chi connectivity index (χ1) is 26.9. The first-order valence-corrected chi connectivity index (χ1v) is 17.7. The van der Waals surface area contributed by atoms with E-state index < -0.39 is 0 Å². The molecule has 10 radical (unpaired) electrons. The molecule has 3 aromatic heterocycles. The maximum atomic E-state index is 6.82. The Morgan fingerprint density at radius 3 is 1.64 bits per heavy atom. The summed E-state index contributed by atoms with van der Waals surface area (Å²) in [6.45, 7) is 0. The highest BCUT2D eigenvalue weighted by Crippen LogP contribution is 2.42. The average molecular weight is 690 g/mol. The molecule has 0 aliphatic heterocycles. The van der Waals surface area contributed by atoms with Gasteiger partial charge in [0.2, 0.25) is 0 Å². The van der Waals surface area contributed by atoms with E-state index in [0.717, 1.165) is 60.5 Å². The van der Waals surface area contributed by atoms with Crippen LogP contribution in [0.15, 0.2) is 144 Å². The summed E-state index contributed by atoms with van der Waals surface area (Å²) in [4.78, 5) is 15.0. The van der Waals surface area contributed by atoms with E-state index in [2.05, 4.69) is 34.9 Å². The van der Waals surface area contributed by atoms with Crippen molar-refractivity contribution >= 4 is 110 Å². The highest BCUT2D eigenvalue weighted by atomic mass is 16.3. The number of nitrogens with zero attached hydrogens (tertiary/aromatic N) is 4. The van der Waals surface area contributed by atoms with Gasteiger partial charge in [0, 0.05) is 38.2 Å². The molecular formula is C45H23B5N4O. The van der Waals surface area contributed by atoms with Gasteiger partial charge in [-0.1, -0.05) is 126 Å². The molecule has 7 aromatic carbocycles. The molecule has 0 atom stereocenters. The molecule has 0 aliphatic rings. The second kappa shape index (κ2) is 12.8. The monoisotopic (exact) mass is 690 g/mol. The summed E-state index contributed by atoms with van der Waals surface area (Å²) in [7, 11) is 32.1. The van der Waals surface area contributed by atoms with Gasteiger partial charge in [0.15, 0.2) is 23.1 Å². The van der Waals surface area contributed by atoms with Crippen molar-refractivity contribution in [2.45, 2.75) is 0 Å². The van der Waals surface area contributed by atoms with Crippen molar-refractivity contribution in [3.63, 3.8) is 0 Å². The zero-order valence-electron chi connectivity index (χ0n) is 29.4. The lowest BCUT2D eigenvalue weighted by atomic mass is 9.59. The number of furan rings is 1. The Balaban J connectivity index is 1.24. The summed E-state index contributed by atoms with van der Waals surface area (Å²) in [5, 5.41) is 3.74. The summed E-state index contributed by atoms with van der Waals surface area (Å²) < 4.78 is 9.02. The Hall–Kier alpha value is -6.53. The largest absolute Gasteiger partial charge is 0.454 e. The topological polar surface area (TPSA) is 56.7 Å². The Kier molecular flexibility index (Phi) is 7.70. The van der Waals surface area contributed by atoms with Crippen LogP contribution in [-0.2, 0) is 0 Å². The normalized spacial score (nSPS) is 11.6. The number of benzene rings is 7. The molecule has 55 heavy (non-hydrogen) atoms. The summed E-state index contributed by atoms with van der Waals surface area (Å²) in [5.41, 5.74) is 9.25. The quantitative estimate of drug-likeness (QED) is 0.224. The molecule has 10 aromatic rings. The summed E-state index contributed by atoms with van der Waals surface area (Å²) in [6, 6.07) is 46.3. The fourth-order valence-corrected chi connectivity index (χ4v) is 7.75. The molecule has 0 unspecified atom stereocenters. The smallest absolute Gasteiger partial charge is 0.164 e. The van der Waals surface area contributed by atoms with Crippen molar-refractivity contribution in [2.75, 3.05) is 0 Å². The fourth-order valence-electron chi connectivity index (χ4n) is 7.75. The molecule has 244 valence electrons. The van der Waals surface area contributed by atoms with Crippen molar-refractivity contribution in [3.05, 3.63) is 140 Å². The average Bonchev–Trinajstić information content (AvgIpc) is 3.79. The number of hydrogen-bond donors (Lipinski definition) is 0. The van der Waals surface area contributed by atoms with E-state index in [1.54, 1.807) is 0 Å². The van der Waals surface area contributed by atoms with E-state index in [1.165, 1.54) is 0 Å². The van der Waals surface area contributed by atoms with Crippen LogP contribution in [0.1, 0.15) is 0 Å². The van der Waals surface area contributed by atoms with E-state index >= 15 is 0 Å². The third-order valence-corrected chi connectivity index (χ3v) is 10.3. The lowest BCUT2D eigenvalue weighted by Crippen LogP contribution is -2.55. The number of hydrogen-bond acceptors (Lipinski definition) is 4. The lowest BCUT2D eigenvalue weighted by Gasteiger charge is -2.22. The zero-order valence-corrected chi connectivity index (χ0v) is 29.4.